The molecule has 0 spiro atoms. The first kappa shape index (κ1) is 14.7. The molecule has 1 amide bonds. The summed E-state index contributed by atoms with van der Waals surface area (Å²) in [6.45, 7) is 0.566. The van der Waals surface area contributed by atoms with E-state index in [1.807, 2.05) is 11.9 Å². The zero-order chi connectivity index (χ0) is 14.3. The van der Waals surface area contributed by atoms with Gasteiger partial charge in [0.25, 0.3) is 0 Å². The number of hydrogen-bond donors (Lipinski definition) is 2. The largest absolute Gasteiger partial charge is 0.478 e. The summed E-state index contributed by atoms with van der Waals surface area (Å²) >= 11 is 0. The van der Waals surface area contributed by atoms with E-state index in [0.29, 0.717) is 18.5 Å². The normalized spacial score (nSPS) is 10.4. The SMILES string of the molecule is CNC(=O)CCN(C)c1ccc(/C=C/C(=O)O)cn1. The predicted molar refractivity (Wildman–Crippen MR) is 72.9 cm³/mol. The summed E-state index contributed by atoms with van der Waals surface area (Å²) in [6, 6.07) is 3.56. The lowest BCUT2D eigenvalue weighted by molar-refractivity contribution is -0.131. The smallest absolute Gasteiger partial charge is 0.328 e. The summed E-state index contributed by atoms with van der Waals surface area (Å²) in [7, 11) is 3.45. The van der Waals surface area contributed by atoms with Crippen molar-refractivity contribution in [3.63, 3.8) is 0 Å². The average Bonchev–Trinajstić information content (AvgIpc) is 2.42. The Balaban J connectivity index is 2.60. The summed E-state index contributed by atoms with van der Waals surface area (Å²) in [5, 5.41) is 11.1. The van der Waals surface area contributed by atoms with Gasteiger partial charge in [0.2, 0.25) is 5.91 Å². The van der Waals surface area contributed by atoms with Crippen molar-refractivity contribution in [2.75, 3.05) is 25.5 Å². The highest BCUT2D eigenvalue weighted by molar-refractivity contribution is 5.85. The van der Waals surface area contributed by atoms with Gasteiger partial charge in [-0.2, -0.15) is 0 Å². The second-order valence-corrected chi connectivity index (χ2v) is 3.97. The van der Waals surface area contributed by atoms with Crippen LogP contribution in [0.4, 0.5) is 5.82 Å². The zero-order valence-electron chi connectivity index (χ0n) is 11.0. The monoisotopic (exact) mass is 263 g/mol. The van der Waals surface area contributed by atoms with E-state index in [0.717, 1.165) is 11.9 Å². The van der Waals surface area contributed by atoms with E-state index < -0.39 is 5.97 Å². The third-order valence-electron chi connectivity index (χ3n) is 2.53. The molecule has 0 atom stereocenters. The number of aromatic nitrogens is 1. The maximum atomic E-state index is 11.1. The van der Waals surface area contributed by atoms with Gasteiger partial charge in [0.05, 0.1) is 0 Å². The van der Waals surface area contributed by atoms with Gasteiger partial charge in [-0.1, -0.05) is 0 Å². The molecule has 6 nitrogen and oxygen atoms in total. The number of carboxylic acids is 1. The Labute approximate surface area is 111 Å². The van der Waals surface area contributed by atoms with Crippen LogP contribution in [0.15, 0.2) is 24.4 Å². The second-order valence-electron chi connectivity index (χ2n) is 3.97. The molecule has 6 heteroatoms. The Bertz CT molecular complexity index is 469. The molecule has 1 aromatic rings. The summed E-state index contributed by atoms with van der Waals surface area (Å²) in [5.41, 5.74) is 0.714. The fourth-order valence-corrected chi connectivity index (χ4v) is 1.40. The zero-order valence-corrected chi connectivity index (χ0v) is 11.0. The minimum atomic E-state index is -0.994. The van der Waals surface area contributed by atoms with Gasteiger partial charge in [0.15, 0.2) is 0 Å². The third-order valence-corrected chi connectivity index (χ3v) is 2.53. The van der Waals surface area contributed by atoms with Crippen molar-refractivity contribution in [2.45, 2.75) is 6.42 Å². The van der Waals surface area contributed by atoms with Crippen LogP contribution in [0.25, 0.3) is 6.08 Å². The highest BCUT2D eigenvalue weighted by Gasteiger charge is 2.04. The number of carbonyl (C=O) groups excluding carboxylic acids is 1. The first-order valence-electron chi connectivity index (χ1n) is 5.81. The highest BCUT2D eigenvalue weighted by atomic mass is 16.4. The molecule has 0 saturated carbocycles. The fourth-order valence-electron chi connectivity index (χ4n) is 1.40. The first-order chi connectivity index (χ1) is 9.02. The number of aliphatic carboxylic acids is 1. The van der Waals surface area contributed by atoms with E-state index in [4.69, 9.17) is 5.11 Å². The molecule has 0 fully saturated rings. The number of pyridine rings is 1. The van der Waals surface area contributed by atoms with Gasteiger partial charge in [-0.05, 0) is 23.8 Å². The van der Waals surface area contributed by atoms with Crippen molar-refractivity contribution in [3.05, 3.63) is 30.0 Å². The van der Waals surface area contributed by atoms with Crippen LogP contribution in [-0.2, 0) is 9.59 Å². The molecule has 0 unspecified atom stereocenters. The van der Waals surface area contributed by atoms with E-state index in [-0.39, 0.29) is 5.91 Å². The number of amides is 1. The molecule has 0 saturated heterocycles. The maximum absolute atomic E-state index is 11.1. The van der Waals surface area contributed by atoms with Gasteiger partial charge < -0.3 is 15.3 Å². The molecule has 0 aliphatic rings. The Kier molecular flexibility index (Phi) is 5.53. The lowest BCUT2D eigenvalue weighted by atomic mass is 10.2. The van der Waals surface area contributed by atoms with Crippen molar-refractivity contribution in [3.8, 4) is 0 Å². The molecule has 0 aromatic carbocycles. The molecule has 1 heterocycles. The molecule has 1 aromatic heterocycles. The van der Waals surface area contributed by atoms with E-state index in [1.165, 1.54) is 6.08 Å². The summed E-state index contributed by atoms with van der Waals surface area (Å²) in [5.74, 6) is -0.281. The van der Waals surface area contributed by atoms with Gasteiger partial charge >= 0.3 is 5.97 Å². The van der Waals surface area contributed by atoms with Gasteiger partial charge in [-0.3, -0.25) is 4.79 Å². The molecule has 1 rings (SSSR count). The van der Waals surface area contributed by atoms with Crippen LogP contribution in [0.3, 0.4) is 0 Å². The summed E-state index contributed by atoms with van der Waals surface area (Å²) < 4.78 is 0. The van der Waals surface area contributed by atoms with Crippen LogP contribution in [0.5, 0.6) is 0 Å². The number of nitrogens with one attached hydrogen (secondary N) is 1. The molecule has 0 aliphatic carbocycles. The van der Waals surface area contributed by atoms with Gasteiger partial charge in [-0.15, -0.1) is 0 Å². The van der Waals surface area contributed by atoms with Crippen LogP contribution in [0, 0.1) is 0 Å². The van der Waals surface area contributed by atoms with Crippen molar-refractivity contribution >= 4 is 23.8 Å². The molecule has 19 heavy (non-hydrogen) atoms. The number of nitrogens with zero attached hydrogens (tertiary/aromatic N) is 2. The van der Waals surface area contributed by atoms with Gasteiger partial charge in [-0.25, -0.2) is 9.78 Å². The Morgan fingerprint density at radius 2 is 2.21 bits per heavy atom. The van der Waals surface area contributed by atoms with Crippen molar-refractivity contribution in [1.82, 2.24) is 10.3 Å². The minimum absolute atomic E-state index is 0.0205. The van der Waals surface area contributed by atoms with Crippen molar-refractivity contribution < 1.29 is 14.7 Å². The summed E-state index contributed by atoms with van der Waals surface area (Å²) in [6.07, 6.45) is 4.52. The summed E-state index contributed by atoms with van der Waals surface area (Å²) in [4.78, 5) is 27.6. The van der Waals surface area contributed by atoms with Crippen molar-refractivity contribution in [2.24, 2.45) is 0 Å². The Morgan fingerprint density at radius 1 is 1.47 bits per heavy atom. The first-order valence-corrected chi connectivity index (χ1v) is 5.81. The number of hydrogen-bond acceptors (Lipinski definition) is 4. The van der Waals surface area contributed by atoms with Crippen LogP contribution in [-0.4, -0.2) is 42.6 Å². The standard InChI is InChI=1S/C13H17N3O3/c1-14-12(17)7-8-16(2)11-5-3-10(9-15-11)4-6-13(18)19/h3-6,9H,7-8H2,1-2H3,(H,14,17)(H,18,19)/b6-4+. The van der Waals surface area contributed by atoms with Crippen LogP contribution in [0.2, 0.25) is 0 Å². The Hall–Kier alpha value is -2.37. The fraction of sp³-hybridized carbons (Fsp3) is 0.308. The molecular weight excluding hydrogens is 246 g/mol. The van der Waals surface area contributed by atoms with Crippen molar-refractivity contribution in [1.29, 1.82) is 0 Å². The average molecular weight is 263 g/mol. The predicted octanol–water partition coefficient (Wildman–Crippen LogP) is 0.752. The number of rotatable bonds is 6. The lowest BCUT2D eigenvalue weighted by Crippen LogP contribution is -2.26. The number of carbonyl (C=O) groups is 2. The van der Waals surface area contributed by atoms with Crippen LogP contribution in [0.1, 0.15) is 12.0 Å². The van der Waals surface area contributed by atoms with E-state index in [1.54, 1.807) is 25.4 Å². The molecule has 0 bridgehead atoms. The Morgan fingerprint density at radius 3 is 2.74 bits per heavy atom. The quantitative estimate of drug-likeness (QED) is 0.740. The number of anilines is 1. The topological polar surface area (TPSA) is 82.5 Å². The van der Waals surface area contributed by atoms with Gasteiger partial charge in [0.1, 0.15) is 5.82 Å². The molecule has 0 radical (unpaired) electrons. The van der Waals surface area contributed by atoms with E-state index in [2.05, 4.69) is 10.3 Å². The number of carboxylic acid groups (broad SMARTS) is 1. The maximum Gasteiger partial charge on any atom is 0.328 e. The lowest BCUT2D eigenvalue weighted by Gasteiger charge is -2.17. The molecule has 102 valence electrons. The van der Waals surface area contributed by atoms with Gasteiger partial charge in [0, 0.05) is 39.3 Å². The molecule has 0 aliphatic heterocycles. The minimum Gasteiger partial charge on any atom is -0.478 e. The van der Waals surface area contributed by atoms with Crippen LogP contribution < -0.4 is 10.2 Å². The third kappa shape index (κ3) is 5.20. The molecule has 2 N–H and O–H groups in total. The van der Waals surface area contributed by atoms with E-state index in [9.17, 15) is 9.59 Å². The molecular formula is C13H17N3O3. The van der Waals surface area contributed by atoms with Crippen LogP contribution >= 0.6 is 0 Å². The second kappa shape index (κ2) is 7.15. The van der Waals surface area contributed by atoms with E-state index >= 15 is 0 Å². The highest BCUT2D eigenvalue weighted by Crippen LogP contribution is 2.10.